The van der Waals surface area contributed by atoms with Crippen LogP contribution in [0.3, 0.4) is 0 Å². The Balaban J connectivity index is 2.26. The fourth-order valence-electron chi connectivity index (χ4n) is 2.06. The van der Waals surface area contributed by atoms with Gasteiger partial charge in [-0.3, -0.25) is 4.79 Å². The molecule has 1 aliphatic carbocycles. The maximum atomic E-state index is 11.4. The summed E-state index contributed by atoms with van der Waals surface area (Å²) in [5.41, 5.74) is 6.01. The first-order chi connectivity index (χ1) is 7.59. The highest BCUT2D eigenvalue weighted by Crippen LogP contribution is 2.19. The van der Waals surface area contributed by atoms with Gasteiger partial charge in [-0.15, -0.1) is 0 Å². The number of nitrogens with one attached hydrogen (secondary N) is 1. The fraction of sp³-hybridized carbons (Fsp3) is 0.917. The summed E-state index contributed by atoms with van der Waals surface area (Å²) in [5, 5.41) is 2.81. The van der Waals surface area contributed by atoms with Gasteiger partial charge in [0.15, 0.2) is 0 Å². The Bertz CT molecular complexity index is 219. The van der Waals surface area contributed by atoms with Gasteiger partial charge in [-0.25, -0.2) is 0 Å². The van der Waals surface area contributed by atoms with Gasteiger partial charge in [0.2, 0.25) is 5.91 Å². The smallest absolute Gasteiger partial charge is 0.246 e. The van der Waals surface area contributed by atoms with E-state index in [1.807, 2.05) is 13.8 Å². The normalized spacial score (nSPS) is 26.5. The topological polar surface area (TPSA) is 64.3 Å². The van der Waals surface area contributed by atoms with E-state index in [2.05, 4.69) is 5.32 Å². The lowest BCUT2D eigenvalue weighted by Gasteiger charge is -2.21. The van der Waals surface area contributed by atoms with E-state index in [1.165, 1.54) is 12.8 Å². The van der Waals surface area contributed by atoms with Crippen molar-refractivity contribution in [1.29, 1.82) is 0 Å². The number of hydrogen-bond acceptors (Lipinski definition) is 3. The molecule has 1 fully saturated rings. The first kappa shape index (κ1) is 13.5. The first-order valence-electron chi connectivity index (χ1n) is 6.26. The number of carbonyl (C=O) groups excluding carboxylic acids is 1. The standard InChI is InChI=1S/C12H24N2O2/c1-9(2)14-12(15)8-16-11-7-5-3-4-6-10(11)13/h9-11H,3-8,13H2,1-2H3,(H,14,15). The zero-order valence-corrected chi connectivity index (χ0v) is 10.4. The molecular formula is C12H24N2O2. The largest absolute Gasteiger partial charge is 0.367 e. The number of amides is 1. The van der Waals surface area contributed by atoms with Crippen LogP contribution in [0.5, 0.6) is 0 Å². The zero-order valence-electron chi connectivity index (χ0n) is 10.4. The summed E-state index contributed by atoms with van der Waals surface area (Å²) in [6, 6.07) is 0.258. The number of ether oxygens (including phenoxy) is 1. The van der Waals surface area contributed by atoms with Crippen molar-refractivity contribution in [2.45, 2.75) is 64.1 Å². The van der Waals surface area contributed by atoms with E-state index in [0.29, 0.717) is 0 Å². The van der Waals surface area contributed by atoms with Crippen LogP contribution in [-0.4, -0.2) is 30.7 Å². The Morgan fingerprint density at radius 3 is 2.75 bits per heavy atom. The van der Waals surface area contributed by atoms with Crippen molar-refractivity contribution in [3.63, 3.8) is 0 Å². The van der Waals surface area contributed by atoms with Crippen molar-refractivity contribution in [2.24, 2.45) is 5.73 Å². The summed E-state index contributed by atoms with van der Waals surface area (Å²) < 4.78 is 5.60. The first-order valence-corrected chi connectivity index (χ1v) is 6.26. The highest BCUT2D eigenvalue weighted by Gasteiger charge is 2.21. The third kappa shape index (κ3) is 4.94. The molecule has 3 N–H and O–H groups in total. The molecule has 0 heterocycles. The molecule has 0 aromatic heterocycles. The number of rotatable bonds is 4. The molecular weight excluding hydrogens is 204 g/mol. The second-order valence-electron chi connectivity index (χ2n) is 4.87. The van der Waals surface area contributed by atoms with Gasteiger partial charge in [-0.05, 0) is 26.7 Å². The molecule has 0 spiro atoms. The SMILES string of the molecule is CC(C)NC(=O)COC1CCCCCC1N. The van der Waals surface area contributed by atoms with Crippen molar-refractivity contribution >= 4 is 5.91 Å². The molecule has 0 aromatic rings. The lowest BCUT2D eigenvalue weighted by Crippen LogP contribution is -2.40. The van der Waals surface area contributed by atoms with E-state index >= 15 is 0 Å². The van der Waals surface area contributed by atoms with Crippen LogP contribution < -0.4 is 11.1 Å². The van der Waals surface area contributed by atoms with Crippen LogP contribution in [0, 0.1) is 0 Å². The van der Waals surface area contributed by atoms with Crippen LogP contribution in [0.4, 0.5) is 0 Å². The Morgan fingerprint density at radius 2 is 2.06 bits per heavy atom. The second-order valence-corrected chi connectivity index (χ2v) is 4.87. The fourth-order valence-corrected chi connectivity index (χ4v) is 2.06. The number of nitrogens with two attached hydrogens (primary N) is 1. The summed E-state index contributed by atoms with van der Waals surface area (Å²) in [5.74, 6) is -0.0496. The van der Waals surface area contributed by atoms with Gasteiger partial charge in [0, 0.05) is 12.1 Å². The quantitative estimate of drug-likeness (QED) is 0.710. The van der Waals surface area contributed by atoms with Crippen molar-refractivity contribution < 1.29 is 9.53 Å². The molecule has 0 radical (unpaired) electrons. The Kier molecular flexibility index (Phi) is 5.77. The van der Waals surface area contributed by atoms with Gasteiger partial charge < -0.3 is 15.8 Å². The average Bonchev–Trinajstić information content (AvgIpc) is 2.39. The van der Waals surface area contributed by atoms with E-state index in [4.69, 9.17) is 10.5 Å². The molecule has 4 heteroatoms. The van der Waals surface area contributed by atoms with Crippen molar-refractivity contribution in [3.05, 3.63) is 0 Å². The summed E-state index contributed by atoms with van der Waals surface area (Å²) in [4.78, 5) is 11.4. The summed E-state index contributed by atoms with van der Waals surface area (Å²) in [6.07, 6.45) is 5.61. The lowest BCUT2D eigenvalue weighted by atomic mass is 10.1. The number of carbonyl (C=O) groups is 1. The summed E-state index contributed by atoms with van der Waals surface area (Å²) >= 11 is 0. The van der Waals surface area contributed by atoms with Gasteiger partial charge in [-0.1, -0.05) is 19.3 Å². The van der Waals surface area contributed by atoms with E-state index in [9.17, 15) is 4.79 Å². The predicted molar refractivity (Wildman–Crippen MR) is 64.1 cm³/mol. The molecule has 0 aliphatic heterocycles. The Morgan fingerprint density at radius 1 is 1.38 bits per heavy atom. The molecule has 2 atom stereocenters. The monoisotopic (exact) mass is 228 g/mol. The molecule has 4 nitrogen and oxygen atoms in total. The van der Waals surface area contributed by atoms with Gasteiger partial charge in [-0.2, -0.15) is 0 Å². The molecule has 0 bridgehead atoms. The van der Waals surface area contributed by atoms with Crippen LogP contribution in [-0.2, 0) is 9.53 Å². The molecule has 16 heavy (non-hydrogen) atoms. The highest BCUT2D eigenvalue weighted by molar-refractivity contribution is 5.77. The van der Waals surface area contributed by atoms with Crippen LogP contribution in [0.25, 0.3) is 0 Å². The van der Waals surface area contributed by atoms with Gasteiger partial charge in [0.1, 0.15) is 6.61 Å². The van der Waals surface area contributed by atoms with Crippen molar-refractivity contribution in [1.82, 2.24) is 5.32 Å². The van der Waals surface area contributed by atoms with E-state index in [1.54, 1.807) is 0 Å². The molecule has 1 saturated carbocycles. The maximum absolute atomic E-state index is 11.4. The molecule has 1 rings (SSSR count). The van der Waals surface area contributed by atoms with Crippen molar-refractivity contribution in [2.75, 3.05) is 6.61 Å². The predicted octanol–water partition coefficient (Wildman–Crippen LogP) is 1.19. The third-order valence-electron chi connectivity index (χ3n) is 2.88. The minimum absolute atomic E-state index is 0.0496. The van der Waals surface area contributed by atoms with E-state index in [0.717, 1.165) is 19.3 Å². The zero-order chi connectivity index (χ0) is 12.0. The molecule has 94 valence electrons. The summed E-state index contributed by atoms with van der Waals surface area (Å²) in [6.45, 7) is 4.01. The summed E-state index contributed by atoms with van der Waals surface area (Å²) in [7, 11) is 0. The molecule has 1 aliphatic rings. The highest BCUT2D eigenvalue weighted by atomic mass is 16.5. The van der Waals surface area contributed by atoms with Crippen LogP contribution >= 0.6 is 0 Å². The molecule has 0 saturated heterocycles. The Hall–Kier alpha value is -0.610. The number of hydrogen-bond donors (Lipinski definition) is 2. The molecule has 2 unspecified atom stereocenters. The molecule has 0 aromatic carbocycles. The third-order valence-corrected chi connectivity index (χ3v) is 2.88. The van der Waals surface area contributed by atoms with Crippen LogP contribution in [0.15, 0.2) is 0 Å². The van der Waals surface area contributed by atoms with Crippen molar-refractivity contribution in [3.8, 4) is 0 Å². The lowest BCUT2D eigenvalue weighted by molar-refractivity contribution is -0.128. The minimum Gasteiger partial charge on any atom is -0.367 e. The van der Waals surface area contributed by atoms with Gasteiger partial charge in [0.05, 0.1) is 6.10 Å². The van der Waals surface area contributed by atoms with Crippen LogP contribution in [0.1, 0.15) is 46.0 Å². The van der Waals surface area contributed by atoms with Gasteiger partial charge in [0.25, 0.3) is 0 Å². The van der Waals surface area contributed by atoms with Crippen LogP contribution in [0.2, 0.25) is 0 Å². The second kappa shape index (κ2) is 6.86. The van der Waals surface area contributed by atoms with E-state index in [-0.39, 0.29) is 30.7 Å². The minimum atomic E-state index is -0.0496. The van der Waals surface area contributed by atoms with E-state index < -0.39 is 0 Å². The average molecular weight is 228 g/mol. The van der Waals surface area contributed by atoms with Gasteiger partial charge >= 0.3 is 0 Å². The Labute approximate surface area is 97.9 Å². The molecule has 1 amide bonds. The maximum Gasteiger partial charge on any atom is 0.246 e.